The highest BCUT2D eigenvalue weighted by molar-refractivity contribution is 7.26. The van der Waals surface area contributed by atoms with Crippen molar-refractivity contribution >= 4 is 106 Å². The lowest BCUT2D eigenvalue weighted by atomic mass is 10.0. The van der Waals surface area contributed by atoms with Crippen molar-refractivity contribution in [3.63, 3.8) is 0 Å². The van der Waals surface area contributed by atoms with Crippen LogP contribution in [0.15, 0.2) is 206 Å². The van der Waals surface area contributed by atoms with Crippen LogP contribution in [0.5, 0.6) is 0 Å². The van der Waals surface area contributed by atoms with Crippen molar-refractivity contribution in [1.82, 2.24) is 19.5 Å². The van der Waals surface area contributed by atoms with Crippen molar-refractivity contribution in [3.8, 4) is 51.0 Å². The number of thiophene rings is 2. The summed E-state index contributed by atoms with van der Waals surface area (Å²) in [4.78, 5) is 15.7. The van der Waals surface area contributed by atoms with E-state index in [9.17, 15) is 0 Å². The summed E-state index contributed by atoms with van der Waals surface area (Å²) in [6.45, 7) is 0. The quantitative estimate of drug-likeness (QED) is 0.173. The topological polar surface area (TPSA) is 43.6 Å². The zero-order valence-corrected chi connectivity index (χ0v) is 36.4. The van der Waals surface area contributed by atoms with E-state index in [2.05, 4.69) is 205 Å². The first-order valence-corrected chi connectivity index (χ1v) is 23.5. The number of rotatable bonds is 5. The molecule has 4 nitrogen and oxygen atoms in total. The van der Waals surface area contributed by atoms with E-state index in [0.29, 0.717) is 17.5 Å². The molecule has 302 valence electrons. The Bertz CT molecular complexity index is 4250. The SMILES string of the molecule is c1ccc(-c2cccc(-c3nc(-c4ccc5c(c4)sc4ccc(-n6c7ccccc7c7ccc8ccccc8c76)cc45)nc(-c4ccc5sc6cc7ccccc7cc6c5c4)n3)c2)cc1. The van der Waals surface area contributed by atoms with Gasteiger partial charge in [0.1, 0.15) is 0 Å². The van der Waals surface area contributed by atoms with Crippen LogP contribution in [-0.4, -0.2) is 19.5 Å². The zero-order valence-electron chi connectivity index (χ0n) is 34.7. The molecule has 0 unspecified atom stereocenters. The first-order valence-electron chi connectivity index (χ1n) is 21.8. The third kappa shape index (κ3) is 5.85. The van der Waals surface area contributed by atoms with E-state index in [1.54, 1.807) is 0 Å². The second kappa shape index (κ2) is 14.2. The van der Waals surface area contributed by atoms with Gasteiger partial charge >= 0.3 is 0 Å². The Labute approximate surface area is 381 Å². The molecule has 0 radical (unpaired) electrons. The molecule has 0 amide bonds. The molecule has 0 bridgehead atoms. The Kier molecular flexibility index (Phi) is 7.99. The van der Waals surface area contributed by atoms with E-state index in [1.807, 2.05) is 28.7 Å². The summed E-state index contributed by atoms with van der Waals surface area (Å²) in [6, 6.07) is 74.5. The van der Waals surface area contributed by atoms with Crippen LogP contribution in [0.3, 0.4) is 0 Å². The van der Waals surface area contributed by atoms with Crippen LogP contribution in [0.25, 0.3) is 135 Å². The van der Waals surface area contributed by atoms with Crippen LogP contribution in [-0.2, 0) is 0 Å². The number of nitrogens with zero attached hydrogens (tertiary/aromatic N) is 4. The Balaban J connectivity index is 0.930. The van der Waals surface area contributed by atoms with E-state index in [4.69, 9.17) is 15.0 Å². The Morgan fingerprint density at radius 1 is 0.292 bits per heavy atom. The second-order valence-electron chi connectivity index (χ2n) is 16.8. The molecule has 14 aromatic rings. The predicted octanol–water partition coefficient (Wildman–Crippen LogP) is 16.7. The molecule has 4 aromatic heterocycles. The molecular weight excluding hydrogens is 829 g/mol. The van der Waals surface area contributed by atoms with E-state index in [1.165, 1.54) is 83.7 Å². The molecule has 0 fully saturated rings. The summed E-state index contributed by atoms with van der Waals surface area (Å²) in [7, 11) is 0. The van der Waals surface area contributed by atoms with Crippen LogP contribution in [0.1, 0.15) is 0 Å². The Morgan fingerprint density at radius 2 is 0.862 bits per heavy atom. The van der Waals surface area contributed by atoms with Gasteiger partial charge in [-0.15, -0.1) is 22.7 Å². The molecule has 0 aliphatic heterocycles. The van der Waals surface area contributed by atoms with Crippen LogP contribution < -0.4 is 0 Å². The minimum atomic E-state index is 0.642. The first-order chi connectivity index (χ1) is 32.2. The molecule has 0 saturated heterocycles. The minimum Gasteiger partial charge on any atom is -0.309 e. The van der Waals surface area contributed by atoms with Crippen molar-refractivity contribution in [3.05, 3.63) is 206 Å². The van der Waals surface area contributed by atoms with Gasteiger partial charge in [0.25, 0.3) is 0 Å². The molecule has 4 heterocycles. The van der Waals surface area contributed by atoms with Gasteiger partial charge in [-0.1, -0.05) is 140 Å². The van der Waals surface area contributed by atoms with Gasteiger partial charge in [0.05, 0.1) is 11.0 Å². The fourth-order valence-electron chi connectivity index (χ4n) is 9.87. The van der Waals surface area contributed by atoms with Crippen molar-refractivity contribution < 1.29 is 0 Å². The van der Waals surface area contributed by atoms with Crippen molar-refractivity contribution in [2.75, 3.05) is 0 Å². The van der Waals surface area contributed by atoms with E-state index in [0.717, 1.165) is 33.5 Å². The molecular formula is C59H34N4S2. The molecule has 0 atom stereocenters. The van der Waals surface area contributed by atoms with Gasteiger partial charge in [-0.2, -0.15) is 0 Å². The minimum absolute atomic E-state index is 0.642. The second-order valence-corrected chi connectivity index (χ2v) is 19.0. The molecule has 6 heteroatoms. The van der Waals surface area contributed by atoms with Gasteiger partial charge in [-0.25, -0.2) is 15.0 Å². The van der Waals surface area contributed by atoms with Crippen molar-refractivity contribution in [2.45, 2.75) is 0 Å². The third-order valence-electron chi connectivity index (χ3n) is 13.0. The summed E-state index contributed by atoms with van der Waals surface area (Å²) in [6.07, 6.45) is 0. The number of hydrogen-bond donors (Lipinski definition) is 0. The van der Waals surface area contributed by atoms with Crippen LogP contribution in [0.4, 0.5) is 0 Å². The van der Waals surface area contributed by atoms with Gasteiger partial charge < -0.3 is 4.57 Å². The van der Waals surface area contributed by atoms with E-state index >= 15 is 0 Å². The predicted molar refractivity (Wildman–Crippen MR) is 277 cm³/mol. The van der Waals surface area contributed by atoms with E-state index < -0.39 is 0 Å². The summed E-state index contributed by atoms with van der Waals surface area (Å²) >= 11 is 3.64. The largest absolute Gasteiger partial charge is 0.309 e. The van der Waals surface area contributed by atoms with Gasteiger partial charge in [-0.05, 0) is 94.0 Å². The standard InChI is InChI=1S/C59H34N4S2/c1-2-11-35(12-3-1)37-16-10-17-40(29-37)57-60-58(41-23-27-52-48(31-41)49-30-38-14-4-5-15-39(38)32-55(49)65-52)62-59(61-57)42-22-25-46-50-34-43(24-28-53(50)64-54(46)33-42)63-51-20-9-8-19-45(51)47-26-21-36-13-6-7-18-44(36)56(47)63/h1-34H. The molecule has 0 N–H and O–H groups in total. The summed E-state index contributed by atoms with van der Waals surface area (Å²) in [5.74, 6) is 1.94. The fourth-order valence-corrected chi connectivity index (χ4v) is 12.1. The number of para-hydroxylation sites is 1. The molecule has 0 saturated carbocycles. The van der Waals surface area contributed by atoms with Gasteiger partial charge in [0, 0.05) is 78.9 Å². The highest BCUT2D eigenvalue weighted by Gasteiger charge is 2.19. The highest BCUT2D eigenvalue weighted by atomic mass is 32.1. The van der Waals surface area contributed by atoms with Gasteiger partial charge in [0.15, 0.2) is 17.5 Å². The molecule has 65 heavy (non-hydrogen) atoms. The molecule has 14 rings (SSSR count). The third-order valence-corrected chi connectivity index (χ3v) is 15.3. The summed E-state index contributed by atoms with van der Waals surface area (Å²) in [5, 5.41) is 12.4. The number of aromatic nitrogens is 4. The smallest absolute Gasteiger partial charge is 0.164 e. The lowest BCUT2D eigenvalue weighted by Gasteiger charge is -2.11. The average Bonchev–Trinajstić information content (AvgIpc) is 4.04. The monoisotopic (exact) mass is 862 g/mol. The Hall–Kier alpha value is -8.03. The maximum atomic E-state index is 5.28. The van der Waals surface area contributed by atoms with E-state index in [-0.39, 0.29) is 0 Å². The van der Waals surface area contributed by atoms with Gasteiger partial charge in [0.2, 0.25) is 0 Å². The maximum Gasteiger partial charge on any atom is 0.164 e. The number of hydrogen-bond acceptors (Lipinski definition) is 5. The number of fused-ring (bicyclic) bond motifs is 12. The summed E-state index contributed by atoms with van der Waals surface area (Å²) in [5.41, 5.74) is 8.71. The Morgan fingerprint density at radius 3 is 1.68 bits per heavy atom. The maximum absolute atomic E-state index is 5.28. The van der Waals surface area contributed by atoms with Crippen LogP contribution in [0, 0.1) is 0 Å². The molecule has 0 aliphatic carbocycles. The molecule has 0 aliphatic rings. The zero-order chi connectivity index (χ0) is 42.6. The summed E-state index contributed by atoms with van der Waals surface area (Å²) < 4.78 is 7.40. The first kappa shape index (κ1) is 36.5. The molecule has 0 spiro atoms. The average molecular weight is 863 g/mol. The number of benzene rings is 10. The highest BCUT2D eigenvalue weighted by Crippen LogP contribution is 2.42. The van der Waals surface area contributed by atoms with Gasteiger partial charge in [-0.3, -0.25) is 0 Å². The van der Waals surface area contributed by atoms with Crippen LogP contribution >= 0.6 is 22.7 Å². The van der Waals surface area contributed by atoms with Crippen molar-refractivity contribution in [1.29, 1.82) is 0 Å². The lowest BCUT2D eigenvalue weighted by Crippen LogP contribution is -2.00. The fraction of sp³-hybridized carbons (Fsp3) is 0. The lowest BCUT2D eigenvalue weighted by molar-refractivity contribution is 1.08. The van der Waals surface area contributed by atoms with Crippen LogP contribution in [0.2, 0.25) is 0 Å². The normalized spacial score (nSPS) is 12.0. The van der Waals surface area contributed by atoms with Crippen molar-refractivity contribution in [2.24, 2.45) is 0 Å². The molecule has 10 aromatic carbocycles.